The maximum atomic E-state index is 13.2. The minimum atomic E-state index is -0.756. The van der Waals surface area contributed by atoms with Gasteiger partial charge in [-0.05, 0) is 36.6 Å². The van der Waals surface area contributed by atoms with E-state index < -0.39 is 5.60 Å². The second-order valence-corrected chi connectivity index (χ2v) is 7.39. The van der Waals surface area contributed by atoms with Crippen molar-refractivity contribution in [3.8, 4) is 0 Å². The van der Waals surface area contributed by atoms with Gasteiger partial charge in [-0.25, -0.2) is 9.18 Å². The zero-order valence-corrected chi connectivity index (χ0v) is 14.4. The van der Waals surface area contributed by atoms with Gasteiger partial charge < -0.3 is 15.4 Å². The van der Waals surface area contributed by atoms with E-state index in [0.717, 1.165) is 5.56 Å². The fraction of sp³-hybridized carbons (Fsp3) is 0.611. The van der Waals surface area contributed by atoms with Gasteiger partial charge in [0.1, 0.15) is 11.4 Å². The van der Waals surface area contributed by atoms with Crippen LogP contribution in [-0.4, -0.2) is 30.1 Å². The maximum Gasteiger partial charge on any atom is 0.410 e. The molecule has 1 aromatic carbocycles. The van der Waals surface area contributed by atoms with Crippen molar-refractivity contribution in [2.75, 3.05) is 13.1 Å². The lowest BCUT2D eigenvalue weighted by Crippen LogP contribution is -2.54. The Kier molecular flexibility index (Phi) is 4.99. The number of amides is 1. The second-order valence-electron chi connectivity index (χ2n) is 7.39. The fourth-order valence-electron chi connectivity index (χ4n) is 3.00. The van der Waals surface area contributed by atoms with Crippen molar-refractivity contribution in [3.05, 3.63) is 35.6 Å². The summed E-state index contributed by atoms with van der Waals surface area (Å²) in [5, 5.41) is 0. The molecule has 2 unspecified atom stereocenters. The van der Waals surface area contributed by atoms with Crippen LogP contribution in [0.3, 0.4) is 0 Å². The van der Waals surface area contributed by atoms with E-state index in [1.165, 1.54) is 12.1 Å². The number of nitrogens with zero attached hydrogens (tertiary/aromatic N) is 1. The first kappa shape index (κ1) is 17.7. The van der Waals surface area contributed by atoms with E-state index in [1.807, 2.05) is 6.92 Å². The number of hydrogen-bond acceptors (Lipinski definition) is 3. The molecule has 128 valence electrons. The van der Waals surface area contributed by atoms with Crippen molar-refractivity contribution >= 4 is 6.09 Å². The Morgan fingerprint density at radius 1 is 1.35 bits per heavy atom. The molecule has 1 amide bonds. The summed E-state index contributed by atoms with van der Waals surface area (Å²) >= 11 is 0. The Morgan fingerprint density at radius 2 is 1.96 bits per heavy atom. The van der Waals surface area contributed by atoms with Gasteiger partial charge in [0.15, 0.2) is 0 Å². The predicted molar refractivity (Wildman–Crippen MR) is 88.5 cm³/mol. The molecule has 5 heteroatoms. The number of halogens is 1. The fourth-order valence-corrected chi connectivity index (χ4v) is 3.00. The highest BCUT2D eigenvalue weighted by Gasteiger charge is 2.44. The van der Waals surface area contributed by atoms with E-state index in [0.29, 0.717) is 25.9 Å². The predicted octanol–water partition coefficient (Wildman–Crippen LogP) is 3.65. The van der Waals surface area contributed by atoms with Crippen LogP contribution in [0.4, 0.5) is 9.18 Å². The molecule has 2 N–H and O–H groups in total. The molecule has 1 saturated heterocycles. The third-order valence-electron chi connectivity index (χ3n) is 4.91. The minimum Gasteiger partial charge on any atom is -0.438 e. The van der Waals surface area contributed by atoms with Gasteiger partial charge in [-0.3, -0.25) is 0 Å². The van der Waals surface area contributed by atoms with Gasteiger partial charge >= 0.3 is 6.09 Å². The molecule has 1 aliphatic heterocycles. The minimum absolute atomic E-state index is 0.0250. The van der Waals surface area contributed by atoms with Crippen LogP contribution in [0.5, 0.6) is 0 Å². The molecule has 23 heavy (non-hydrogen) atoms. The summed E-state index contributed by atoms with van der Waals surface area (Å²) in [5.74, 6) is -0.304. The number of rotatable bonds is 4. The van der Waals surface area contributed by atoms with Gasteiger partial charge in [-0.2, -0.15) is 0 Å². The molecule has 1 aliphatic rings. The Hall–Kier alpha value is -1.62. The quantitative estimate of drug-likeness (QED) is 0.920. The normalized spacial score (nSPS) is 23.6. The zero-order chi connectivity index (χ0) is 17.3. The average molecular weight is 322 g/mol. The summed E-state index contributed by atoms with van der Waals surface area (Å²) in [6.07, 6.45) is 0.862. The van der Waals surface area contributed by atoms with Crippen LogP contribution in [0, 0.1) is 11.2 Å². The smallest absolute Gasteiger partial charge is 0.410 e. The Labute approximate surface area is 137 Å². The van der Waals surface area contributed by atoms with Crippen molar-refractivity contribution in [2.45, 2.75) is 52.2 Å². The van der Waals surface area contributed by atoms with Gasteiger partial charge in [-0.1, -0.05) is 32.9 Å². The SMILES string of the molecule is CC(N1CCC(CCN)(c2ccc(F)cc2)OC1=O)C(C)(C)C. The summed E-state index contributed by atoms with van der Waals surface area (Å²) in [5.41, 5.74) is 5.77. The lowest BCUT2D eigenvalue weighted by atomic mass is 9.83. The molecule has 0 bridgehead atoms. The Bertz CT molecular complexity index is 553. The van der Waals surface area contributed by atoms with Crippen LogP contribution < -0.4 is 5.73 Å². The monoisotopic (exact) mass is 322 g/mol. The van der Waals surface area contributed by atoms with Gasteiger partial charge in [0, 0.05) is 25.4 Å². The molecular formula is C18H27FN2O2. The zero-order valence-electron chi connectivity index (χ0n) is 14.4. The van der Waals surface area contributed by atoms with E-state index >= 15 is 0 Å². The summed E-state index contributed by atoms with van der Waals surface area (Å²) in [6, 6.07) is 6.22. The molecule has 1 heterocycles. The van der Waals surface area contributed by atoms with Crippen LogP contribution >= 0.6 is 0 Å². The third-order valence-corrected chi connectivity index (χ3v) is 4.91. The van der Waals surface area contributed by atoms with Crippen molar-refractivity contribution in [1.29, 1.82) is 0 Å². The standard InChI is InChI=1S/C18H27FN2O2/c1-13(17(2,3)4)21-12-10-18(9-11-20,23-16(21)22)14-5-7-15(19)8-6-14/h5-8,13H,9-12,20H2,1-4H3. The highest BCUT2D eigenvalue weighted by molar-refractivity contribution is 5.70. The van der Waals surface area contributed by atoms with E-state index in [4.69, 9.17) is 10.5 Å². The topological polar surface area (TPSA) is 55.6 Å². The van der Waals surface area contributed by atoms with Crippen molar-refractivity contribution in [3.63, 3.8) is 0 Å². The molecule has 1 fully saturated rings. The van der Waals surface area contributed by atoms with Gasteiger partial charge in [0.25, 0.3) is 0 Å². The van der Waals surface area contributed by atoms with Crippen molar-refractivity contribution in [2.24, 2.45) is 11.1 Å². The summed E-state index contributed by atoms with van der Waals surface area (Å²) in [6.45, 7) is 9.36. The first-order valence-corrected chi connectivity index (χ1v) is 8.15. The summed E-state index contributed by atoms with van der Waals surface area (Å²) in [4.78, 5) is 14.4. The number of carbonyl (C=O) groups excluding carboxylic acids is 1. The van der Waals surface area contributed by atoms with Crippen LogP contribution in [0.15, 0.2) is 24.3 Å². The molecule has 2 rings (SSSR count). The molecule has 0 aliphatic carbocycles. The van der Waals surface area contributed by atoms with Crippen LogP contribution in [0.1, 0.15) is 46.1 Å². The van der Waals surface area contributed by atoms with Crippen molar-refractivity contribution < 1.29 is 13.9 Å². The average Bonchev–Trinajstić information content (AvgIpc) is 2.46. The van der Waals surface area contributed by atoms with E-state index in [2.05, 4.69) is 20.8 Å². The van der Waals surface area contributed by atoms with Crippen LogP contribution in [0.2, 0.25) is 0 Å². The maximum absolute atomic E-state index is 13.2. The van der Waals surface area contributed by atoms with Gasteiger partial charge in [0.2, 0.25) is 0 Å². The first-order chi connectivity index (χ1) is 10.7. The third kappa shape index (κ3) is 3.66. The lowest BCUT2D eigenvalue weighted by molar-refractivity contribution is -0.0724. The van der Waals surface area contributed by atoms with Crippen LogP contribution in [0.25, 0.3) is 0 Å². The molecule has 1 aromatic rings. The number of benzene rings is 1. The first-order valence-electron chi connectivity index (χ1n) is 8.15. The number of hydrogen-bond donors (Lipinski definition) is 1. The van der Waals surface area contributed by atoms with Crippen LogP contribution in [-0.2, 0) is 10.3 Å². The molecule has 2 atom stereocenters. The molecule has 4 nitrogen and oxygen atoms in total. The molecule has 0 saturated carbocycles. The molecule has 0 radical (unpaired) electrons. The second kappa shape index (κ2) is 6.48. The van der Waals surface area contributed by atoms with E-state index in [-0.39, 0.29) is 23.4 Å². The van der Waals surface area contributed by atoms with Crippen molar-refractivity contribution in [1.82, 2.24) is 4.90 Å². The number of ether oxygens (including phenoxy) is 1. The highest BCUT2D eigenvalue weighted by atomic mass is 19.1. The summed E-state index contributed by atoms with van der Waals surface area (Å²) in [7, 11) is 0. The van der Waals surface area contributed by atoms with Gasteiger partial charge in [0.05, 0.1) is 0 Å². The number of carbonyl (C=O) groups is 1. The molecule has 0 spiro atoms. The lowest BCUT2D eigenvalue weighted by Gasteiger charge is -2.46. The number of nitrogens with two attached hydrogens (primary N) is 1. The summed E-state index contributed by atoms with van der Waals surface area (Å²) < 4.78 is 19.1. The Balaban J connectivity index is 2.25. The highest BCUT2D eigenvalue weighted by Crippen LogP contribution is 2.39. The molecule has 0 aromatic heterocycles. The largest absolute Gasteiger partial charge is 0.438 e. The Morgan fingerprint density at radius 3 is 2.43 bits per heavy atom. The van der Waals surface area contributed by atoms with Gasteiger partial charge in [-0.15, -0.1) is 0 Å². The van der Waals surface area contributed by atoms with E-state index in [9.17, 15) is 9.18 Å². The number of cyclic esters (lactones) is 1. The van der Waals surface area contributed by atoms with E-state index in [1.54, 1.807) is 17.0 Å². The molecular weight excluding hydrogens is 295 g/mol.